The number of hydrogen-bond donors (Lipinski definition) is 2. The number of anilines is 1. The van der Waals surface area contributed by atoms with Gasteiger partial charge in [-0.1, -0.05) is 60.7 Å². The number of alkyl carbamates (subject to hydrolysis) is 1. The van der Waals surface area contributed by atoms with Crippen LogP contribution in [0.25, 0.3) is 10.9 Å². The molecule has 0 saturated carbocycles. The SMILES string of the molecule is CC(C)(C)OC(=O)N[C@]1(c2ccc3cc[nH]c3c2OS(=O)(=O)C(F)(F)F)C(=O)N(Cc2ccccc2)c2ccccc21. The molecule has 0 saturated heterocycles. The van der Waals surface area contributed by atoms with Crippen molar-refractivity contribution < 1.29 is 40.1 Å². The van der Waals surface area contributed by atoms with Gasteiger partial charge in [-0.3, -0.25) is 10.1 Å². The molecule has 9 nitrogen and oxygen atoms in total. The molecule has 3 aromatic carbocycles. The molecule has 42 heavy (non-hydrogen) atoms. The van der Waals surface area contributed by atoms with Crippen molar-refractivity contribution in [1.82, 2.24) is 10.3 Å². The average molecular weight is 602 g/mol. The maximum absolute atomic E-state index is 14.6. The van der Waals surface area contributed by atoms with Crippen molar-refractivity contribution in [2.24, 2.45) is 0 Å². The van der Waals surface area contributed by atoms with Crippen molar-refractivity contribution in [3.05, 3.63) is 95.7 Å². The molecule has 2 amide bonds. The summed E-state index contributed by atoms with van der Waals surface area (Å²) in [5, 5.41) is 2.89. The van der Waals surface area contributed by atoms with Crippen molar-refractivity contribution in [1.29, 1.82) is 0 Å². The van der Waals surface area contributed by atoms with E-state index in [-0.39, 0.29) is 23.2 Å². The number of hydrogen-bond acceptors (Lipinski definition) is 6. The molecule has 4 aromatic rings. The Labute approximate surface area is 239 Å². The number of fused-ring (bicyclic) bond motifs is 2. The summed E-state index contributed by atoms with van der Waals surface area (Å²) in [4.78, 5) is 32.0. The Balaban J connectivity index is 1.79. The largest absolute Gasteiger partial charge is 0.534 e. The summed E-state index contributed by atoms with van der Waals surface area (Å²) in [6.07, 6.45) is 0.310. The second-order valence-electron chi connectivity index (χ2n) is 10.6. The predicted octanol–water partition coefficient (Wildman–Crippen LogP) is 5.71. The molecule has 0 unspecified atom stereocenters. The normalized spacial score (nSPS) is 17.3. The first kappa shape index (κ1) is 29.0. The number of nitrogens with one attached hydrogen (secondary N) is 2. The second kappa shape index (κ2) is 10.1. The molecule has 2 heterocycles. The smallest absolute Gasteiger partial charge is 0.444 e. The summed E-state index contributed by atoms with van der Waals surface area (Å²) in [7, 11) is -6.20. The number of aromatic nitrogens is 1. The maximum Gasteiger partial charge on any atom is 0.534 e. The van der Waals surface area contributed by atoms with Crippen LogP contribution in [0.1, 0.15) is 37.5 Å². The fourth-order valence-corrected chi connectivity index (χ4v) is 5.41. The zero-order chi connectivity index (χ0) is 30.5. The molecule has 0 bridgehead atoms. The number of ether oxygens (including phenoxy) is 1. The van der Waals surface area contributed by atoms with Crippen LogP contribution in [0.3, 0.4) is 0 Å². The molecule has 0 aliphatic carbocycles. The zero-order valence-corrected chi connectivity index (χ0v) is 23.5. The summed E-state index contributed by atoms with van der Waals surface area (Å²) >= 11 is 0. The molecule has 0 radical (unpaired) electrons. The molecule has 220 valence electrons. The molecule has 1 aromatic heterocycles. The van der Waals surface area contributed by atoms with Crippen molar-refractivity contribution in [2.45, 2.75) is 44.0 Å². The van der Waals surface area contributed by atoms with Crippen LogP contribution in [-0.4, -0.2) is 36.5 Å². The standard InChI is InChI=1S/C29H26F3N3O6S/c1-27(2,3)40-26(37)34-28(20-11-7-8-12-22(20)35(25(28)36)17-18-9-5-4-6-10-18)21-14-13-19-15-16-33-23(19)24(21)41-42(38,39)29(30,31)32/h4-16,33H,17H2,1-3H3,(H,34,37)/t28-/m1/s1. The van der Waals surface area contributed by atoms with Crippen LogP contribution in [0.15, 0.2) is 79.0 Å². The molecule has 5 rings (SSSR count). The third kappa shape index (κ3) is 5.04. The Morgan fingerprint density at radius 1 is 0.952 bits per heavy atom. The minimum absolute atomic E-state index is 0.0379. The summed E-state index contributed by atoms with van der Waals surface area (Å²) in [6.45, 7) is 4.83. The van der Waals surface area contributed by atoms with Crippen molar-refractivity contribution in [3.63, 3.8) is 0 Å². The van der Waals surface area contributed by atoms with Gasteiger partial charge in [0.15, 0.2) is 11.3 Å². The number of nitrogens with zero attached hydrogens (tertiary/aromatic N) is 1. The van der Waals surface area contributed by atoms with E-state index in [1.54, 1.807) is 69.3 Å². The number of benzene rings is 3. The molecule has 0 fully saturated rings. The van der Waals surface area contributed by atoms with Gasteiger partial charge < -0.3 is 18.8 Å². The van der Waals surface area contributed by atoms with Gasteiger partial charge in [0.05, 0.1) is 17.7 Å². The molecule has 0 spiro atoms. The quantitative estimate of drug-likeness (QED) is 0.216. The number of amides is 2. The van der Waals surface area contributed by atoms with Gasteiger partial charge in [-0.05, 0) is 38.5 Å². The van der Waals surface area contributed by atoms with Crippen LogP contribution in [0, 0.1) is 0 Å². The molecular formula is C29H26F3N3O6S. The average Bonchev–Trinajstić information content (AvgIpc) is 3.46. The number of para-hydroxylation sites is 1. The summed E-state index contributed by atoms with van der Waals surface area (Å²) in [5.41, 5.74) is -8.26. The number of alkyl halides is 3. The van der Waals surface area contributed by atoms with Crippen molar-refractivity contribution in [3.8, 4) is 5.75 Å². The van der Waals surface area contributed by atoms with E-state index in [2.05, 4.69) is 10.3 Å². The predicted molar refractivity (Wildman–Crippen MR) is 148 cm³/mol. The molecule has 1 atom stereocenters. The van der Waals surface area contributed by atoms with E-state index in [9.17, 15) is 31.2 Å². The molecule has 13 heteroatoms. The number of aromatic amines is 1. The van der Waals surface area contributed by atoms with E-state index >= 15 is 0 Å². The topological polar surface area (TPSA) is 118 Å². The highest BCUT2D eigenvalue weighted by Gasteiger charge is 2.57. The lowest BCUT2D eigenvalue weighted by Crippen LogP contribution is -2.55. The lowest BCUT2D eigenvalue weighted by molar-refractivity contribution is -0.123. The number of H-pyrrole nitrogens is 1. The fourth-order valence-electron chi connectivity index (χ4n) is 4.92. The van der Waals surface area contributed by atoms with Crippen LogP contribution in [0.2, 0.25) is 0 Å². The van der Waals surface area contributed by atoms with Crippen LogP contribution < -0.4 is 14.4 Å². The van der Waals surface area contributed by atoms with Gasteiger partial charge in [-0.2, -0.15) is 21.6 Å². The highest BCUT2D eigenvalue weighted by atomic mass is 32.2. The summed E-state index contributed by atoms with van der Waals surface area (Å²) in [6, 6.07) is 19.5. The number of carbonyl (C=O) groups excluding carboxylic acids is 2. The first-order valence-electron chi connectivity index (χ1n) is 12.7. The van der Waals surface area contributed by atoms with E-state index < -0.39 is 44.5 Å². The first-order chi connectivity index (χ1) is 19.6. The summed E-state index contributed by atoms with van der Waals surface area (Å²) < 4.78 is 75.6. The number of halogens is 3. The second-order valence-corrected chi connectivity index (χ2v) is 12.2. The Hall–Kier alpha value is -4.52. The molecule has 2 N–H and O–H groups in total. The Kier molecular flexibility index (Phi) is 6.96. The van der Waals surface area contributed by atoms with Crippen LogP contribution >= 0.6 is 0 Å². The Bertz CT molecular complexity index is 1780. The minimum Gasteiger partial charge on any atom is -0.444 e. The lowest BCUT2D eigenvalue weighted by Gasteiger charge is -2.33. The number of rotatable bonds is 6. The molecular weight excluding hydrogens is 575 g/mol. The van der Waals surface area contributed by atoms with E-state index in [4.69, 9.17) is 8.92 Å². The van der Waals surface area contributed by atoms with Gasteiger partial charge >= 0.3 is 21.7 Å². The van der Waals surface area contributed by atoms with Gasteiger partial charge in [0, 0.05) is 22.7 Å². The first-order valence-corrected chi connectivity index (χ1v) is 14.1. The highest BCUT2D eigenvalue weighted by Crippen LogP contribution is 2.50. The van der Waals surface area contributed by atoms with E-state index in [1.807, 2.05) is 0 Å². The zero-order valence-electron chi connectivity index (χ0n) is 22.7. The van der Waals surface area contributed by atoms with E-state index in [1.165, 1.54) is 35.4 Å². The van der Waals surface area contributed by atoms with Gasteiger partial charge in [-0.25, -0.2) is 4.79 Å². The maximum atomic E-state index is 14.6. The third-order valence-corrected chi connectivity index (χ3v) is 7.55. The van der Waals surface area contributed by atoms with Gasteiger partial charge in [0.1, 0.15) is 5.60 Å². The molecule has 1 aliphatic heterocycles. The monoisotopic (exact) mass is 601 g/mol. The van der Waals surface area contributed by atoms with Crippen LogP contribution in [0.4, 0.5) is 23.7 Å². The molecule has 1 aliphatic rings. The lowest BCUT2D eigenvalue weighted by atomic mass is 9.82. The van der Waals surface area contributed by atoms with Gasteiger partial charge in [0.25, 0.3) is 5.91 Å². The summed E-state index contributed by atoms with van der Waals surface area (Å²) in [5.74, 6) is -1.56. The van der Waals surface area contributed by atoms with Crippen LogP contribution in [-0.2, 0) is 31.7 Å². The van der Waals surface area contributed by atoms with E-state index in [0.29, 0.717) is 11.1 Å². The number of carbonyl (C=O) groups is 2. The Morgan fingerprint density at radius 3 is 2.29 bits per heavy atom. The van der Waals surface area contributed by atoms with Crippen molar-refractivity contribution >= 4 is 38.7 Å². The van der Waals surface area contributed by atoms with E-state index in [0.717, 1.165) is 5.56 Å². The third-order valence-electron chi connectivity index (χ3n) is 6.60. The minimum atomic E-state index is -6.20. The highest BCUT2D eigenvalue weighted by molar-refractivity contribution is 7.88. The van der Waals surface area contributed by atoms with Gasteiger partial charge in [0.2, 0.25) is 0 Å². The fraction of sp³-hybridized carbons (Fsp3) is 0.241. The Morgan fingerprint density at radius 2 is 1.62 bits per heavy atom. The van der Waals surface area contributed by atoms with Gasteiger partial charge in [-0.15, -0.1) is 0 Å². The van der Waals surface area contributed by atoms with Crippen LogP contribution in [0.5, 0.6) is 5.75 Å². The van der Waals surface area contributed by atoms with Crippen molar-refractivity contribution in [2.75, 3.05) is 4.90 Å².